The van der Waals surface area contributed by atoms with E-state index < -0.39 is 0 Å². The predicted octanol–water partition coefficient (Wildman–Crippen LogP) is 4.04. The highest BCUT2D eigenvalue weighted by molar-refractivity contribution is 6.36. The number of para-hydroxylation sites is 1. The highest BCUT2D eigenvalue weighted by atomic mass is 35.5. The van der Waals surface area contributed by atoms with Gasteiger partial charge in [0.1, 0.15) is 0 Å². The highest BCUT2D eigenvalue weighted by Crippen LogP contribution is 2.25. The van der Waals surface area contributed by atoms with Crippen LogP contribution in [0.5, 0.6) is 0 Å². The first-order valence-corrected chi connectivity index (χ1v) is 6.44. The molecule has 19 heavy (non-hydrogen) atoms. The van der Waals surface area contributed by atoms with Crippen LogP contribution in [0.1, 0.15) is 0 Å². The van der Waals surface area contributed by atoms with Gasteiger partial charge >= 0.3 is 0 Å². The maximum absolute atomic E-state index is 11.7. The van der Waals surface area contributed by atoms with Crippen LogP contribution in [-0.2, 0) is 4.79 Å². The molecule has 0 fully saturated rings. The first kappa shape index (κ1) is 13.7. The molecule has 0 radical (unpaired) electrons. The predicted molar refractivity (Wildman–Crippen MR) is 80.0 cm³/mol. The fraction of sp³-hybridized carbons (Fsp3) is 0.0714. The molecule has 0 aliphatic heterocycles. The molecule has 0 saturated carbocycles. The van der Waals surface area contributed by atoms with E-state index in [1.54, 1.807) is 18.2 Å². The number of carbonyl (C=O) groups excluding carboxylic acids is 1. The third kappa shape index (κ3) is 4.16. The van der Waals surface area contributed by atoms with Gasteiger partial charge in [-0.3, -0.25) is 4.79 Å². The summed E-state index contributed by atoms with van der Waals surface area (Å²) in [6.45, 7) is 0.135. The third-order valence-electron chi connectivity index (χ3n) is 2.43. The zero-order valence-electron chi connectivity index (χ0n) is 9.99. The summed E-state index contributed by atoms with van der Waals surface area (Å²) in [7, 11) is 0. The van der Waals surface area contributed by atoms with Crippen molar-refractivity contribution in [2.45, 2.75) is 0 Å². The maximum Gasteiger partial charge on any atom is 0.243 e. The number of carbonyl (C=O) groups is 1. The van der Waals surface area contributed by atoms with Gasteiger partial charge in [-0.15, -0.1) is 0 Å². The topological polar surface area (TPSA) is 41.1 Å². The largest absolute Gasteiger partial charge is 0.375 e. The number of nitrogens with one attached hydrogen (secondary N) is 2. The zero-order chi connectivity index (χ0) is 13.7. The van der Waals surface area contributed by atoms with E-state index in [1.165, 1.54) is 0 Å². The summed E-state index contributed by atoms with van der Waals surface area (Å²) in [4.78, 5) is 11.7. The monoisotopic (exact) mass is 294 g/mol. The molecule has 0 aliphatic carbocycles. The van der Waals surface area contributed by atoms with E-state index in [4.69, 9.17) is 23.2 Å². The van der Waals surface area contributed by atoms with Crippen molar-refractivity contribution in [3.05, 3.63) is 58.6 Å². The molecule has 2 rings (SSSR count). The Balaban J connectivity index is 1.90. The van der Waals surface area contributed by atoms with Crippen LogP contribution in [0.2, 0.25) is 10.0 Å². The second kappa shape index (κ2) is 6.45. The maximum atomic E-state index is 11.7. The Morgan fingerprint density at radius 3 is 2.47 bits per heavy atom. The lowest BCUT2D eigenvalue weighted by Crippen LogP contribution is -2.21. The molecule has 0 heterocycles. The normalized spacial score (nSPS) is 10.0. The molecule has 2 aromatic rings. The van der Waals surface area contributed by atoms with Crippen LogP contribution in [0.25, 0.3) is 0 Å². The number of benzene rings is 2. The summed E-state index contributed by atoms with van der Waals surface area (Å²) in [6.07, 6.45) is 0. The van der Waals surface area contributed by atoms with E-state index in [0.29, 0.717) is 15.7 Å². The molecule has 0 spiro atoms. The summed E-state index contributed by atoms with van der Waals surface area (Å²) < 4.78 is 0. The van der Waals surface area contributed by atoms with Gasteiger partial charge in [0.2, 0.25) is 5.91 Å². The quantitative estimate of drug-likeness (QED) is 0.893. The molecule has 2 N–H and O–H groups in total. The Morgan fingerprint density at radius 2 is 1.79 bits per heavy atom. The molecule has 0 aromatic heterocycles. The van der Waals surface area contributed by atoms with Crippen molar-refractivity contribution in [1.82, 2.24) is 0 Å². The van der Waals surface area contributed by atoms with Crippen LogP contribution in [0.4, 0.5) is 11.4 Å². The lowest BCUT2D eigenvalue weighted by molar-refractivity contribution is -0.114. The Bertz CT molecular complexity index is 573. The summed E-state index contributed by atoms with van der Waals surface area (Å²) in [6, 6.07) is 14.3. The van der Waals surface area contributed by atoms with Gasteiger partial charge < -0.3 is 10.6 Å². The van der Waals surface area contributed by atoms with Gasteiger partial charge in [0.25, 0.3) is 0 Å². The molecule has 98 valence electrons. The number of amides is 1. The molecule has 0 bridgehead atoms. The summed E-state index contributed by atoms with van der Waals surface area (Å²) >= 11 is 11.8. The van der Waals surface area contributed by atoms with Crippen molar-refractivity contribution in [2.75, 3.05) is 17.2 Å². The minimum atomic E-state index is -0.141. The van der Waals surface area contributed by atoms with E-state index in [0.717, 1.165) is 5.69 Å². The van der Waals surface area contributed by atoms with E-state index in [-0.39, 0.29) is 12.5 Å². The second-order valence-corrected chi connectivity index (χ2v) is 4.74. The summed E-state index contributed by atoms with van der Waals surface area (Å²) in [5.74, 6) is -0.141. The van der Waals surface area contributed by atoms with Gasteiger partial charge in [-0.2, -0.15) is 0 Å². The minimum absolute atomic E-state index is 0.135. The van der Waals surface area contributed by atoms with Crippen molar-refractivity contribution in [2.24, 2.45) is 0 Å². The minimum Gasteiger partial charge on any atom is -0.375 e. The first-order valence-electron chi connectivity index (χ1n) is 5.69. The van der Waals surface area contributed by atoms with Crippen LogP contribution in [-0.4, -0.2) is 12.5 Å². The molecular formula is C14H12Cl2N2O. The van der Waals surface area contributed by atoms with Crippen LogP contribution >= 0.6 is 23.2 Å². The molecule has 5 heteroatoms. The van der Waals surface area contributed by atoms with Gasteiger partial charge in [0, 0.05) is 10.7 Å². The Kier molecular flexibility index (Phi) is 4.66. The van der Waals surface area contributed by atoms with Crippen molar-refractivity contribution < 1.29 is 4.79 Å². The molecular weight excluding hydrogens is 283 g/mol. The van der Waals surface area contributed by atoms with Crippen molar-refractivity contribution >= 4 is 40.5 Å². The van der Waals surface area contributed by atoms with E-state index in [2.05, 4.69) is 10.6 Å². The van der Waals surface area contributed by atoms with Gasteiger partial charge in [-0.05, 0) is 30.3 Å². The van der Waals surface area contributed by atoms with Crippen molar-refractivity contribution in [3.8, 4) is 0 Å². The Morgan fingerprint density at radius 1 is 1.05 bits per heavy atom. The van der Waals surface area contributed by atoms with Crippen LogP contribution in [0.15, 0.2) is 48.5 Å². The summed E-state index contributed by atoms with van der Waals surface area (Å²) in [5, 5.41) is 6.78. The van der Waals surface area contributed by atoms with Crippen molar-refractivity contribution in [3.63, 3.8) is 0 Å². The standard InChI is InChI=1S/C14H12Cl2N2O/c15-10-6-7-13(12(16)8-10)17-9-14(19)18-11-4-2-1-3-5-11/h1-8,17H,9H2,(H,18,19). The lowest BCUT2D eigenvalue weighted by Gasteiger charge is -2.09. The number of halogens is 2. The highest BCUT2D eigenvalue weighted by Gasteiger charge is 2.04. The molecule has 1 amide bonds. The smallest absolute Gasteiger partial charge is 0.243 e. The second-order valence-electron chi connectivity index (χ2n) is 3.89. The molecule has 0 unspecified atom stereocenters. The van der Waals surface area contributed by atoms with Gasteiger partial charge in [0.15, 0.2) is 0 Å². The SMILES string of the molecule is O=C(CNc1ccc(Cl)cc1Cl)Nc1ccccc1. The number of anilines is 2. The lowest BCUT2D eigenvalue weighted by atomic mass is 10.3. The average molecular weight is 295 g/mol. The zero-order valence-corrected chi connectivity index (χ0v) is 11.5. The fourth-order valence-electron chi connectivity index (χ4n) is 1.54. The van der Waals surface area contributed by atoms with Crippen LogP contribution < -0.4 is 10.6 Å². The number of rotatable bonds is 4. The van der Waals surface area contributed by atoms with Gasteiger partial charge in [-0.1, -0.05) is 41.4 Å². The van der Waals surface area contributed by atoms with E-state index in [1.807, 2.05) is 30.3 Å². The van der Waals surface area contributed by atoms with Crippen molar-refractivity contribution in [1.29, 1.82) is 0 Å². The molecule has 2 aromatic carbocycles. The molecule has 0 atom stereocenters. The third-order valence-corrected chi connectivity index (χ3v) is 2.98. The van der Waals surface area contributed by atoms with Gasteiger partial charge in [-0.25, -0.2) is 0 Å². The number of hydrogen-bond acceptors (Lipinski definition) is 2. The first-order chi connectivity index (χ1) is 9.15. The average Bonchev–Trinajstić information content (AvgIpc) is 2.39. The summed E-state index contributed by atoms with van der Waals surface area (Å²) in [5.41, 5.74) is 1.44. The Hall–Kier alpha value is -1.71. The molecule has 0 saturated heterocycles. The molecule has 3 nitrogen and oxygen atoms in total. The fourth-order valence-corrected chi connectivity index (χ4v) is 2.01. The van der Waals surface area contributed by atoms with Crippen LogP contribution in [0.3, 0.4) is 0 Å². The van der Waals surface area contributed by atoms with Gasteiger partial charge in [0.05, 0.1) is 17.3 Å². The van der Waals surface area contributed by atoms with E-state index in [9.17, 15) is 4.79 Å². The molecule has 0 aliphatic rings. The van der Waals surface area contributed by atoms with Crippen LogP contribution in [0, 0.1) is 0 Å². The number of hydrogen-bond donors (Lipinski definition) is 2. The van der Waals surface area contributed by atoms with E-state index >= 15 is 0 Å². The Labute approximate surface area is 121 Å².